The van der Waals surface area contributed by atoms with Crippen LogP contribution in [-0.4, -0.2) is 22.3 Å². The highest BCUT2D eigenvalue weighted by molar-refractivity contribution is 5.71. The normalized spacial score (nSPS) is 12.3. The molecule has 2 N–H and O–H groups in total. The fourth-order valence-corrected chi connectivity index (χ4v) is 1.43. The molecule has 82 valence electrons. The van der Waals surface area contributed by atoms with Crippen LogP contribution in [0.1, 0.15) is 24.8 Å². The van der Waals surface area contributed by atoms with Crippen LogP contribution in [0, 0.1) is 0 Å². The van der Waals surface area contributed by atoms with E-state index in [1.807, 2.05) is 30.3 Å². The highest BCUT2D eigenvalue weighted by atomic mass is 16.4. The summed E-state index contributed by atoms with van der Waals surface area (Å²) >= 11 is 0. The highest BCUT2D eigenvalue weighted by Crippen LogP contribution is 2.07. The summed E-state index contributed by atoms with van der Waals surface area (Å²) in [6, 6.07) is 10.0. The van der Waals surface area contributed by atoms with Crippen molar-refractivity contribution in [2.24, 2.45) is 0 Å². The van der Waals surface area contributed by atoms with Gasteiger partial charge in [-0.05, 0) is 31.2 Å². The second-order valence-corrected chi connectivity index (χ2v) is 3.59. The second-order valence-electron chi connectivity index (χ2n) is 3.59. The molecule has 3 nitrogen and oxygen atoms in total. The molecule has 1 rings (SSSR count). The lowest BCUT2D eigenvalue weighted by Gasteiger charge is -2.04. The molecule has 0 saturated carbocycles. The van der Waals surface area contributed by atoms with Crippen LogP contribution in [0.25, 0.3) is 0 Å². The number of rotatable bonds is 6. The summed E-state index contributed by atoms with van der Waals surface area (Å²) in [5.41, 5.74) is 1.25. The van der Waals surface area contributed by atoms with Crippen LogP contribution >= 0.6 is 0 Å². The van der Waals surface area contributed by atoms with Crippen molar-refractivity contribution in [2.45, 2.75) is 31.8 Å². The first-order chi connectivity index (χ1) is 7.20. The van der Waals surface area contributed by atoms with Crippen LogP contribution in [-0.2, 0) is 11.2 Å². The van der Waals surface area contributed by atoms with Crippen molar-refractivity contribution >= 4 is 5.97 Å². The third-order valence-corrected chi connectivity index (χ3v) is 2.32. The summed E-state index contributed by atoms with van der Waals surface area (Å²) in [6.45, 7) is 0. The Hall–Kier alpha value is -1.35. The summed E-state index contributed by atoms with van der Waals surface area (Å²) in [7, 11) is 0. The summed E-state index contributed by atoms with van der Waals surface area (Å²) < 4.78 is 0. The average Bonchev–Trinajstić information content (AvgIpc) is 2.25. The van der Waals surface area contributed by atoms with Crippen LogP contribution in [0.15, 0.2) is 30.3 Å². The number of hydrogen-bond acceptors (Lipinski definition) is 2. The molecule has 3 heteroatoms. The number of carbonyl (C=O) groups is 1. The molecule has 0 heterocycles. The van der Waals surface area contributed by atoms with Crippen molar-refractivity contribution in [1.29, 1.82) is 0 Å². The van der Waals surface area contributed by atoms with Gasteiger partial charge in [-0.15, -0.1) is 0 Å². The van der Waals surface area contributed by atoms with Gasteiger partial charge in [0.05, 0.1) is 0 Å². The fraction of sp³-hybridized carbons (Fsp3) is 0.417. The van der Waals surface area contributed by atoms with E-state index < -0.39 is 12.1 Å². The monoisotopic (exact) mass is 208 g/mol. The van der Waals surface area contributed by atoms with Gasteiger partial charge < -0.3 is 10.2 Å². The topological polar surface area (TPSA) is 57.5 Å². The summed E-state index contributed by atoms with van der Waals surface area (Å²) in [5.74, 6) is -1.13. The van der Waals surface area contributed by atoms with Crippen molar-refractivity contribution < 1.29 is 15.0 Å². The largest absolute Gasteiger partial charge is 0.479 e. The van der Waals surface area contributed by atoms with Crippen molar-refractivity contribution in [1.82, 2.24) is 0 Å². The highest BCUT2D eigenvalue weighted by Gasteiger charge is 2.11. The predicted octanol–water partition coefficient (Wildman–Crippen LogP) is 1.84. The molecule has 0 aliphatic heterocycles. The average molecular weight is 208 g/mol. The molecule has 0 aromatic heterocycles. The number of carboxylic acids is 1. The molecule has 1 atom stereocenters. The number of hydrogen-bond donors (Lipinski definition) is 2. The lowest BCUT2D eigenvalue weighted by Crippen LogP contribution is -2.18. The molecular formula is C12H16O3. The minimum Gasteiger partial charge on any atom is -0.479 e. The zero-order valence-corrected chi connectivity index (χ0v) is 8.60. The van der Waals surface area contributed by atoms with Gasteiger partial charge >= 0.3 is 5.97 Å². The minimum atomic E-state index is -1.21. The molecule has 0 spiro atoms. The van der Waals surface area contributed by atoms with E-state index in [2.05, 4.69) is 0 Å². The Morgan fingerprint density at radius 1 is 1.20 bits per heavy atom. The van der Waals surface area contributed by atoms with Crippen LogP contribution in [0.3, 0.4) is 0 Å². The quantitative estimate of drug-likeness (QED) is 0.701. The van der Waals surface area contributed by atoms with E-state index in [0.717, 1.165) is 19.3 Å². The van der Waals surface area contributed by atoms with Crippen molar-refractivity contribution in [3.63, 3.8) is 0 Å². The van der Waals surface area contributed by atoms with Gasteiger partial charge in [0.1, 0.15) is 0 Å². The van der Waals surface area contributed by atoms with Gasteiger partial charge in [-0.3, -0.25) is 0 Å². The van der Waals surface area contributed by atoms with Gasteiger partial charge in [-0.1, -0.05) is 30.3 Å². The lowest BCUT2D eigenvalue weighted by atomic mass is 10.1. The van der Waals surface area contributed by atoms with Crippen LogP contribution < -0.4 is 0 Å². The van der Waals surface area contributed by atoms with Gasteiger partial charge in [0, 0.05) is 0 Å². The maximum absolute atomic E-state index is 10.3. The van der Waals surface area contributed by atoms with E-state index in [-0.39, 0.29) is 0 Å². The number of benzene rings is 1. The molecule has 0 radical (unpaired) electrons. The third-order valence-electron chi connectivity index (χ3n) is 2.32. The zero-order valence-electron chi connectivity index (χ0n) is 8.60. The third kappa shape index (κ3) is 4.61. The number of unbranched alkanes of at least 4 members (excludes halogenated alkanes) is 1. The Balaban J connectivity index is 2.15. The number of aryl methyl sites for hydroxylation is 1. The fourth-order valence-electron chi connectivity index (χ4n) is 1.43. The van der Waals surface area contributed by atoms with Crippen LogP contribution in [0.2, 0.25) is 0 Å². The minimum absolute atomic E-state index is 0.335. The molecule has 0 unspecified atom stereocenters. The standard InChI is InChI=1S/C12H16O3/c13-11(12(14)15)9-5-4-8-10-6-2-1-3-7-10/h1-3,6-7,11,13H,4-5,8-9H2,(H,14,15)/t11-/m0/s1. The smallest absolute Gasteiger partial charge is 0.332 e. The molecule has 15 heavy (non-hydrogen) atoms. The van der Waals surface area contributed by atoms with Crippen molar-refractivity contribution in [3.05, 3.63) is 35.9 Å². The summed E-state index contributed by atoms with van der Waals surface area (Å²) in [6.07, 6.45) is 1.72. The Morgan fingerprint density at radius 2 is 1.87 bits per heavy atom. The number of aliphatic hydroxyl groups is 1. The maximum atomic E-state index is 10.3. The summed E-state index contributed by atoms with van der Waals surface area (Å²) in [5, 5.41) is 17.5. The second kappa shape index (κ2) is 6.19. The molecule has 0 fully saturated rings. The molecule has 0 aliphatic rings. The predicted molar refractivity (Wildman–Crippen MR) is 57.6 cm³/mol. The lowest BCUT2D eigenvalue weighted by molar-refractivity contribution is -0.146. The van der Waals surface area contributed by atoms with Gasteiger partial charge in [0.25, 0.3) is 0 Å². The van der Waals surface area contributed by atoms with E-state index in [1.165, 1.54) is 5.56 Å². The molecular weight excluding hydrogens is 192 g/mol. The van der Waals surface area contributed by atoms with Crippen molar-refractivity contribution in [2.75, 3.05) is 0 Å². The van der Waals surface area contributed by atoms with Crippen LogP contribution in [0.4, 0.5) is 0 Å². The van der Waals surface area contributed by atoms with Gasteiger partial charge in [0.2, 0.25) is 0 Å². The Kier molecular flexibility index (Phi) is 4.84. The molecule has 1 aromatic carbocycles. The first-order valence-corrected chi connectivity index (χ1v) is 5.15. The molecule has 0 bridgehead atoms. The molecule has 0 saturated heterocycles. The van der Waals surface area contributed by atoms with E-state index in [1.54, 1.807) is 0 Å². The van der Waals surface area contributed by atoms with E-state index in [0.29, 0.717) is 6.42 Å². The van der Waals surface area contributed by atoms with E-state index in [9.17, 15) is 4.79 Å². The summed E-state index contributed by atoms with van der Waals surface area (Å²) in [4.78, 5) is 10.3. The Morgan fingerprint density at radius 3 is 2.47 bits per heavy atom. The first-order valence-electron chi connectivity index (χ1n) is 5.15. The van der Waals surface area contributed by atoms with Crippen LogP contribution in [0.5, 0.6) is 0 Å². The Bertz CT molecular complexity index is 295. The maximum Gasteiger partial charge on any atom is 0.332 e. The van der Waals surface area contributed by atoms with Gasteiger partial charge in [-0.2, -0.15) is 0 Å². The molecule has 0 aliphatic carbocycles. The zero-order chi connectivity index (χ0) is 11.1. The van der Waals surface area contributed by atoms with E-state index in [4.69, 9.17) is 10.2 Å². The van der Waals surface area contributed by atoms with Gasteiger partial charge in [0.15, 0.2) is 6.10 Å². The molecule has 0 amide bonds. The Labute approximate surface area is 89.4 Å². The number of carboxylic acid groups (broad SMARTS) is 1. The first kappa shape index (κ1) is 11.7. The van der Waals surface area contributed by atoms with Crippen molar-refractivity contribution in [3.8, 4) is 0 Å². The SMILES string of the molecule is O=C(O)[C@@H](O)CCCCc1ccccc1. The number of aliphatic hydroxyl groups excluding tert-OH is 1. The van der Waals surface area contributed by atoms with E-state index >= 15 is 0 Å². The van der Waals surface area contributed by atoms with Gasteiger partial charge in [-0.25, -0.2) is 4.79 Å². The molecule has 1 aromatic rings. The number of aliphatic carboxylic acids is 1.